The third kappa shape index (κ3) is 2.65. The van der Waals surface area contributed by atoms with Crippen LogP contribution in [0, 0.1) is 6.92 Å². The highest BCUT2D eigenvalue weighted by Crippen LogP contribution is 2.34. The summed E-state index contributed by atoms with van der Waals surface area (Å²) in [5.74, 6) is 0.612. The Morgan fingerprint density at radius 3 is 2.56 bits per heavy atom. The second kappa shape index (κ2) is 5.67. The molecule has 0 spiro atoms. The van der Waals surface area contributed by atoms with E-state index in [4.69, 9.17) is 5.73 Å². The smallest absolute Gasteiger partial charge is 0.128 e. The fourth-order valence-electron chi connectivity index (χ4n) is 2.41. The molecule has 102 valence electrons. The van der Waals surface area contributed by atoms with Gasteiger partial charge in [0.25, 0.3) is 0 Å². The van der Waals surface area contributed by atoms with Gasteiger partial charge in [-0.1, -0.05) is 6.92 Å². The average Bonchev–Trinajstić information content (AvgIpc) is 2.33. The summed E-state index contributed by atoms with van der Waals surface area (Å²) in [5, 5.41) is 3.40. The maximum absolute atomic E-state index is 6.05. The molecule has 3 N–H and O–H groups in total. The molecule has 0 amide bonds. The van der Waals surface area contributed by atoms with Crippen molar-refractivity contribution in [3.8, 4) is 0 Å². The first-order chi connectivity index (χ1) is 8.36. The van der Waals surface area contributed by atoms with Crippen LogP contribution >= 0.6 is 0 Å². The summed E-state index contributed by atoms with van der Waals surface area (Å²) in [4.78, 5) is 6.52. The first kappa shape index (κ1) is 14.9. The van der Waals surface area contributed by atoms with Gasteiger partial charge >= 0.3 is 0 Å². The molecule has 0 aromatic carbocycles. The highest BCUT2D eigenvalue weighted by atomic mass is 15.2. The number of likely N-dealkylation sites (N-methyl/N-ethyl adjacent to an activating group) is 2. The van der Waals surface area contributed by atoms with Gasteiger partial charge in [0.2, 0.25) is 0 Å². The van der Waals surface area contributed by atoms with Gasteiger partial charge in [-0.25, -0.2) is 4.98 Å². The molecule has 4 heteroatoms. The molecule has 2 atom stereocenters. The number of pyridine rings is 1. The Morgan fingerprint density at radius 2 is 2.11 bits per heavy atom. The molecule has 0 saturated carbocycles. The maximum Gasteiger partial charge on any atom is 0.128 e. The van der Waals surface area contributed by atoms with Gasteiger partial charge < -0.3 is 16.0 Å². The van der Waals surface area contributed by atoms with E-state index in [9.17, 15) is 0 Å². The summed E-state index contributed by atoms with van der Waals surface area (Å²) in [6.07, 6.45) is 2.84. The van der Waals surface area contributed by atoms with Crippen LogP contribution in [0.3, 0.4) is 0 Å². The van der Waals surface area contributed by atoms with Gasteiger partial charge in [0, 0.05) is 17.3 Å². The van der Waals surface area contributed by atoms with E-state index in [1.165, 1.54) is 0 Å². The Bertz CT molecular complexity index is 403. The summed E-state index contributed by atoms with van der Waals surface area (Å²) < 4.78 is 0. The van der Waals surface area contributed by atoms with E-state index in [0.29, 0.717) is 5.82 Å². The van der Waals surface area contributed by atoms with Crippen molar-refractivity contribution in [1.82, 2.24) is 15.2 Å². The van der Waals surface area contributed by atoms with E-state index in [-0.39, 0.29) is 11.6 Å². The molecule has 1 aromatic heterocycles. The first-order valence-electron chi connectivity index (χ1n) is 6.43. The van der Waals surface area contributed by atoms with Crippen molar-refractivity contribution in [1.29, 1.82) is 0 Å². The molecule has 0 radical (unpaired) electrons. The zero-order valence-corrected chi connectivity index (χ0v) is 12.4. The van der Waals surface area contributed by atoms with Crippen molar-refractivity contribution in [2.75, 3.05) is 26.9 Å². The highest BCUT2D eigenvalue weighted by Gasteiger charge is 2.36. The van der Waals surface area contributed by atoms with Crippen LogP contribution in [0.1, 0.15) is 37.4 Å². The van der Waals surface area contributed by atoms with Crippen molar-refractivity contribution in [2.24, 2.45) is 0 Å². The lowest BCUT2D eigenvalue weighted by Crippen LogP contribution is -2.50. The fraction of sp³-hybridized carbons (Fsp3) is 0.643. The molecule has 1 heterocycles. The molecule has 0 bridgehead atoms. The van der Waals surface area contributed by atoms with Crippen molar-refractivity contribution >= 4 is 5.82 Å². The number of hydrogen-bond donors (Lipinski definition) is 2. The maximum atomic E-state index is 6.05. The minimum atomic E-state index is -0.00164. The standard InChI is InChI=1S/C14H26N4/c1-7-14(3,18(5)6)12(16-4)11-8-10(2)9-17-13(11)15/h8-9,12,16H,7H2,1-6H3,(H2,15,17). The number of nitrogens with zero attached hydrogens (tertiary/aromatic N) is 2. The van der Waals surface area contributed by atoms with Crippen LogP contribution < -0.4 is 11.1 Å². The second-order valence-electron chi connectivity index (χ2n) is 5.31. The number of nitrogen functional groups attached to an aromatic ring is 1. The van der Waals surface area contributed by atoms with Crippen molar-refractivity contribution < 1.29 is 0 Å². The summed E-state index contributed by atoms with van der Waals surface area (Å²) in [6.45, 7) is 6.49. The van der Waals surface area contributed by atoms with Gasteiger partial charge in [0.15, 0.2) is 0 Å². The van der Waals surface area contributed by atoms with E-state index in [1.807, 2.05) is 20.2 Å². The third-order valence-electron chi connectivity index (χ3n) is 4.05. The Morgan fingerprint density at radius 1 is 1.50 bits per heavy atom. The van der Waals surface area contributed by atoms with E-state index in [1.54, 1.807) is 0 Å². The van der Waals surface area contributed by atoms with Crippen molar-refractivity contribution in [3.05, 3.63) is 23.4 Å². The van der Waals surface area contributed by atoms with Gasteiger partial charge in [-0.2, -0.15) is 0 Å². The lowest BCUT2D eigenvalue weighted by atomic mass is 9.83. The molecule has 18 heavy (non-hydrogen) atoms. The number of anilines is 1. The lowest BCUT2D eigenvalue weighted by molar-refractivity contribution is 0.117. The number of aromatic nitrogens is 1. The molecule has 4 nitrogen and oxygen atoms in total. The molecule has 0 fully saturated rings. The normalized spacial score (nSPS) is 16.6. The number of nitrogens with one attached hydrogen (secondary N) is 1. The minimum absolute atomic E-state index is 0.00164. The number of hydrogen-bond acceptors (Lipinski definition) is 4. The summed E-state index contributed by atoms with van der Waals surface area (Å²) in [5.41, 5.74) is 8.26. The van der Waals surface area contributed by atoms with Crippen LogP contribution in [-0.4, -0.2) is 36.6 Å². The lowest BCUT2D eigenvalue weighted by Gasteiger charge is -2.43. The van der Waals surface area contributed by atoms with E-state index in [0.717, 1.165) is 17.5 Å². The minimum Gasteiger partial charge on any atom is -0.383 e. The molecule has 0 aliphatic carbocycles. The van der Waals surface area contributed by atoms with Crippen LogP contribution in [0.15, 0.2) is 12.3 Å². The molecular weight excluding hydrogens is 224 g/mol. The Balaban J connectivity index is 3.28. The Labute approximate surface area is 111 Å². The van der Waals surface area contributed by atoms with Gasteiger partial charge in [0.05, 0.1) is 6.04 Å². The third-order valence-corrected chi connectivity index (χ3v) is 4.05. The Kier molecular flexibility index (Phi) is 4.71. The summed E-state index contributed by atoms with van der Waals surface area (Å²) in [7, 11) is 6.18. The van der Waals surface area contributed by atoms with Crippen LogP contribution in [0.2, 0.25) is 0 Å². The fourth-order valence-corrected chi connectivity index (χ4v) is 2.41. The number of aryl methyl sites for hydroxylation is 1. The molecule has 0 saturated heterocycles. The molecule has 0 aliphatic rings. The van der Waals surface area contributed by atoms with Crippen LogP contribution in [0.5, 0.6) is 0 Å². The van der Waals surface area contributed by atoms with Gasteiger partial charge in [-0.3, -0.25) is 0 Å². The van der Waals surface area contributed by atoms with Crippen molar-refractivity contribution in [2.45, 2.75) is 38.8 Å². The van der Waals surface area contributed by atoms with E-state index in [2.05, 4.69) is 49.2 Å². The predicted molar refractivity (Wildman–Crippen MR) is 77.6 cm³/mol. The first-order valence-corrected chi connectivity index (χ1v) is 6.43. The van der Waals surface area contributed by atoms with Crippen LogP contribution in [0.4, 0.5) is 5.82 Å². The number of rotatable bonds is 5. The van der Waals surface area contributed by atoms with Crippen molar-refractivity contribution in [3.63, 3.8) is 0 Å². The predicted octanol–water partition coefficient (Wildman–Crippen LogP) is 1.96. The zero-order valence-electron chi connectivity index (χ0n) is 12.4. The highest BCUT2D eigenvalue weighted by molar-refractivity contribution is 5.44. The van der Waals surface area contributed by atoms with Crippen LogP contribution in [0.25, 0.3) is 0 Å². The topological polar surface area (TPSA) is 54.2 Å². The van der Waals surface area contributed by atoms with Gasteiger partial charge in [0.1, 0.15) is 5.82 Å². The van der Waals surface area contributed by atoms with Gasteiger partial charge in [-0.15, -0.1) is 0 Å². The monoisotopic (exact) mass is 250 g/mol. The summed E-state index contributed by atoms with van der Waals surface area (Å²) in [6, 6.07) is 2.28. The van der Waals surface area contributed by atoms with Gasteiger partial charge in [-0.05, 0) is 53.0 Å². The number of nitrogens with two attached hydrogens (primary N) is 1. The molecule has 1 rings (SSSR count). The summed E-state index contributed by atoms with van der Waals surface area (Å²) >= 11 is 0. The average molecular weight is 250 g/mol. The molecule has 0 aliphatic heterocycles. The quantitative estimate of drug-likeness (QED) is 0.839. The van der Waals surface area contributed by atoms with Crippen LogP contribution in [-0.2, 0) is 0 Å². The van der Waals surface area contributed by atoms with E-state index >= 15 is 0 Å². The van der Waals surface area contributed by atoms with E-state index < -0.39 is 0 Å². The Hall–Kier alpha value is -1.13. The molecule has 1 aromatic rings. The molecule has 2 unspecified atom stereocenters. The largest absolute Gasteiger partial charge is 0.383 e. The second-order valence-corrected chi connectivity index (χ2v) is 5.31. The molecular formula is C14H26N4. The SMILES string of the molecule is CCC(C)(C(NC)c1cc(C)cnc1N)N(C)C. The zero-order chi connectivity index (χ0) is 13.9.